The number of aromatic nitrogens is 2. The van der Waals surface area contributed by atoms with Gasteiger partial charge in [0, 0.05) is 38.3 Å². The van der Waals surface area contributed by atoms with E-state index in [4.69, 9.17) is 9.47 Å². The molecule has 1 aliphatic heterocycles. The molecule has 0 radical (unpaired) electrons. The minimum atomic E-state index is -0.151. The number of nitrogens with one attached hydrogen (secondary N) is 1. The molecule has 1 fully saturated rings. The molecule has 2 heterocycles. The molecule has 2 aromatic rings. The van der Waals surface area contributed by atoms with Crippen LogP contribution in [-0.2, 0) is 6.54 Å². The first-order valence-corrected chi connectivity index (χ1v) is 8.63. The minimum absolute atomic E-state index is 0.151. The predicted molar refractivity (Wildman–Crippen MR) is 97.5 cm³/mol. The fourth-order valence-electron chi connectivity index (χ4n) is 3.24. The molecule has 0 spiro atoms. The monoisotopic (exact) mass is 346 g/mol. The smallest absolute Gasteiger partial charge is 0.258 e. The van der Waals surface area contributed by atoms with Crippen molar-refractivity contribution in [1.29, 1.82) is 0 Å². The number of H-pyrrole nitrogens is 1. The molecule has 0 saturated carbocycles. The number of fused-ring (bicyclic) bond motifs is 1. The molecule has 1 aromatic heterocycles. The Morgan fingerprint density at radius 2 is 1.76 bits per heavy atom. The van der Waals surface area contributed by atoms with Gasteiger partial charge in [0.2, 0.25) is 0 Å². The van der Waals surface area contributed by atoms with Gasteiger partial charge in [0.25, 0.3) is 5.56 Å². The van der Waals surface area contributed by atoms with E-state index in [0.29, 0.717) is 40.8 Å². The zero-order chi connectivity index (χ0) is 18.0. The normalized spacial score (nSPS) is 16.5. The van der Waals surface area contributed by atoms with E-state index in [1.807, 2.05) is 0 Å². The van der Waals surface area contributed by atoms with Crippen LogP contribution in [0.1, 0.15) is 19.7 Å². The molecule has 25 heavy (non-hydrogen) atoms. The summed E-state index contributed by atoms with van der Waals surface area (Å²) in [5.74, 6) is 1.78. The number of rotatable bonds is 5. The summed E-state index contributed by atoms with van der Waals surface area (Å²) in [7, 11) is 3.13. The SMILES string of the molecule is COc1cc2nc(CN3CCN(C(C)C)CC3)[nH]c(=O)c2cc1OC. The van der Waals surface area contributed by atoms with Gasteiger partial charge in [-0.3, -0.25) is 14.6 Å². The highest BCUT2D eigenvalue weighted by atomic mass is 16.5. The summed E-state index contributed by atoms with van der Waals surface area (Å²) in [5, 5.41) is 0.506. The number of benzene rings is 1. The minimum Gasteiger partial charge on any atom is -0.493 e. The zero-order valence-electron chi connectivity index (χ0n) is 15.3. The molecule has 1 aromatic carbocycles. The fourth-order valence-corrected chi connectivity index (χ4v) is 3.24. The van der Waals surface area contributed by atoms with Gasteiger partial charge < -0.3 is 14.5 Å². The highest BCUT2D eigenvalue weighted by Crippen LogP contribution is 2.29. The van der Waals surface area contributed by atoms with Crippen LogP contribution in [0, 0.1) is 0 Å². The predicted octanol–water partition coefficient (Wildman–Crippen LogP) is 1.47. The van der Waals surface area contributed by atoms with Crippen molar-refractivity contribution < 1.29 is 9.47 Å². The Morgan fingerprint density at radius 3 is 2.36 bits per heavy atom. The van der Waals surface area contributed by atoms with Crippen LogP contribution in [0.4, 0.5) is 0 Å². The largest absolute Gasteiger partial charge is 0.493 e. The second-order valence-electron chi connectivity index (χ2n) is 6.64. The molecule has 0 aliphatic carbocycles. The van der Waals surface area contributed by atoms with Crippen LogP contribution in [-0.4, -0.2) is 66.2 Å². The molecule has 7 nitrogen and oxygen atoms in total. The van der Waals surface area contributed by atoms with E-state index in [-0.39, 0.29) is 5.56 Å². The summed E-state index contributed by atoms with van der Waals surface area (Å²) in [5.41, 5.74) is 0.471. The molecule has 0 amide bonds. The Bertz CT molecular complexity index is 795. The van der Waals surface area contributed by atoms with E-state index >= 15 is 0 Å². The third kappa shape index (κ3) is 3.77. The Balaban J connectivity index is 1.82. The van der Waals surface area contributed by atoms with Crippen molar-refractivity contribution >= 4 is 10.9 Å². The van der Waals surface area contributed by atoms with Gasteiger partial charge in [-0.15, -0.1) is 0 Å². The number of methoxy groups -OCH3 is 2. The molecule has 7 heteroatoms. The van der Waals surface area contributed by atoms with E-state index in [1.54, 1.807) is 26.4 Å². The second kappa shape index (κ2) is 7.41. The van der Waals surface area contributed by atoms with Crippen molar-refractivity contribution in [2.24, 2.45) is 0 Å². The molecule has 1 aliphatic rings. The third-order valence-electron chi connectivity index (χ3n) is 4.77. The molecule has 1 saturated heterocycles. The van der Waals surface area contributed by atoms with Gasteiger partial charge >= 0.3 is 0 Å². The number of piperazine rings is 1. The number of nitrogens with zero attached hydrogens (tertiary/aromatic N) is 3. The van der Waals surface area contributed by atoms with Gasteiger partial charge in [0.1, 0.15) is 5.82 Å². The number of aromatic amines is 1. The van der Waals surface area contributed by atoms with Crippen molar-refractivity contribution in [1.82, 2.24) is 19.8 Å². The molecule has 1 N–H and O–H groups in total. The lowest BCUT2D eigenvalue weighted by molar-refractivity contribution is 0.102. The van der Waals surface area contributed by atoms with Crippen LogP contribution in [0.15, 0.2) is 16.9 Å². The summed E-state index contributed by atoms with van der Waals surface area (Å²) in [6.07, 6.45) is 0. The van der Waals surface area contributed by atoms with Crippen LogP contribution in [0.3, 0.4) is 0 Å². The Hall–Kier alpha value is -2.12. The van der Waals surface area contributed by atoms with Crippen LogP contribution in [0.25, 0.3) is 10.9 Å². The summed E-state index contributed by atoms with van der Waals surface area (Å²) in [4.78, 5) is 24.7. The van der Waals surface area contributed by atoms with Gasteiger partial charge in [-0.05, 0) is 19.9 Å². The van der Waals surface area contributed by atoms with Crippen molar-refractivity contribution in [3.05, 3.63) is 28.3 Å². The lowest BCUT2D eigenvalue weighted by Gasteiger charge is -2.36. The van der Waals surface area contributed by atoms with Crippen LogP contribution >= 0.6 is 0 Å². The van der Waals surface area contributed by atoms with Crippen molar-refractivity contribution in [2.45, 2.75) is 26.4 Å². The maximum Gasteiger partial charge on any atom is 0.258 e. The first kappa shape index (κ1) is 17.7. The third-order valence-corrected chi connectivity index (χ3v) is 4.77. The van der Waals surface area contributed by atoms with Gasteiger partial charge in [0.15, 0.2) is 11.5 Å². The maximum absolute atomic E-state index is 12.4. The molecular formula is C18H26N4O3. The Kier molecular flexibility index (Phi) is 5.24. The topological polar surface area (TPSA) is 70.7 Å². The van der Waals surface area contributed by atoms with Crippen LogP contribution in [0.2, 0.25) is 0 Å². The molecule has 136 valence electrons. The van der Waals surface area contributed by atoms with Gasteiger partial charge in [-0.2, -0.15) is 0 Å². The number of ether oxygens (including phenoxy) is 2. The zero-order valence-corrected chi connectivity index (χ0v) is 15.3. The van der Waals surface area contributed by atoms with E-state index in [2.05, 4.69) is 33.6 Å². The standard InChI is InChI=1S/C18H26N4O3/c1-12(2)22-7-5-21(6-8-22)11-17-19-14-10-16(25-4)15(24-3)9-13(14)18(23)20-17/h9-10,12H,5-8,11H2,1-4H3,(H,19,20,23). The first-order chi connectivity index (χ1) is 12.0. The van der Waals surface area contributed by atoms with E-state index in [0.717, 1.165) is 26.2 Å². The Labute approximate surface area is 147 Å². The van der Waals surface area contributed by atoms with E-state index < -0.39 is 0 Å². The Morgan fingerprint density at radius 1 is 1.12 bits per heavy atom. The van der Waals surface area contributed by atoms with Gasteiger partial charge in [-0.1, -0.05) is 0 Å². The first-order valence-electron chi connectivity index (χ1n) is 8.63. The molecule has 0 bridgehead atoms. The maximum atomic E-state index is 12.4. The summed E-state index contributed by atoms with van der Waals surface area (Å²) >= 11 is 0. The summed E-state index contributed by atoms with van der Waals surface area (Å²) in [6, 6.07) is 4.00. The average molecular weight is 346 g/mol. The van der Waals surface area contributed by atoms with Crippen LogP contribution < -0.4 is 15.0 Å². The van der Waals surface area contributed by atoms with E-state index in [9.17, 15) is 4.79 Å². The average Bonchev–Trinajstić information content (AvgIpc) is 2.61. The highest BCUT2D eigenvalue weighted by molar-refractivity contribution is 5.81. The lowest BCUT2D eigenvalue weighted by atomic mass is 10.2. The van der Waals surface area contributed by atoms with Gasteiger partial charge in [-0.25, -0.2) is 4.98 Å². The molecular weight excluding hydrogens is 320 g/mol. The summed E-state index contributed by atoms with van der Waals surface area (Å²) in [6.45, 7) is 9.13. The summed E-state index contributed by atoms with van der Waals surface area (Å²) < 4.78 is 10.6. The lowest BCUT2D eigenvalue weighted by Crippen LogP contribution is -2.48. The van der Waals surface area contributed by atoms with Crippen molar-refractivity contribution in [2.75, 3.05) is 40.4 Å². The molecule has 0 unspecified atom stereocenters. The van der Waals surface area contributed by atoms with Crippen LogP contribution in [0.5, 0.6) is 11.5 Å². The van der Waals surface area contributed by atoms with Gasteiger partial charge in [0.05, 0.1) is 31.7 Å². The fraction of sp³-hybridized carbons (Fsp3) is 0.556. The number of hydrogen-bond acceptors (Lipinski definition) is 6. The molecule has 3 rings (SSSR count). The number of hydrogen-bond donors (Lipinski definition) is 1. The van der Waals surface area contributed by atoms with Crippen molar-refractivity contribution in [3.63, 3.8) is 0 Å². The highest BCUT2D eigenvalue weighted by Gasteiger charge is 2.20. The second-order valence-corrected chi connectivity index (χ2v) is 6.64. The van der Waals surface area contributed by atoms with E-state index in [1.165, 1.54) is 0 Å². The van der Waals surface area contributed by atoms with Crippen molar-refractivity contribution in [3.8, 4) is 11.5 Å². The quantitative estimate of drug-likeness (QED) is 0.884. The molecule has 0 atom stereocenters.